The van der Waals surface area contributed by atoms with E-state index < -0.39 is 0 Å². The van der Waals surface area contributed by atoms with E-state index in [1.165, 1.54) is 12.8 Å². The lowest BCUT2D eigenvalue weighted by molar-refractivity contribution is 0.102. The van der Waals surface area contributed by atoms with Gasteiger partial charge in [-0.15, -0.1) is 0 Å². The minimum absolute atomic E-state index is 0.175. The quantitative estimate of drug-likeness (QED) is 0.945. The van der Waals surface area contributed by atoms with Crippen LogP contribution >= 0.6 is 11.6 Å². The first-order valence-corrected chi connectivity index (χ1v) is 7.78. The van der Waals surface area contributed by atoms with Gasteiger partial charge in [-0.2, -0.15) is 5.10 Å². The summed E-state index contributed by atoms with van der Waals surface area (Å²) in [5.74, 6) is -0.175. The van der Waals surface area contributed by atoms with Gasteiger partial charge in [0, 0.05) is 31.9 Å². The summed E-state index contributed by atoms with van der Waals surface area (Å²) in [6.07, 6.45) is 4.17. The highest BCUT2D eigenvalue weighted by Gasteiger charge is 2.17. The van der Waals surface area contributed by atoms with Crippen molar-refractivity contribution in [2.24, 2.45) is 7.05 Å². The van der Waals surface area contributed by atoms with E-state index in [-0.39, 0.29) is 5.91 Å². The van der Waals surface area contributed by atoms with Crippen LogP contribution in [-0.2, 0) is 7.05 Å². The first-order chi connectivity index (χ1) is 10.5. The molecule has 116 valence electrons. The smallest absolute Gasteiger partial charge is 0.255 e. The number of amides is 1. The van der Waals surface area contributed by atoms with E-state index in [4.69, 9.17) is 11.6 Å². The van der Waals surface area contributed by atoms with Crippen molar-refractivity contribution >= 4 is 28.9 Å². The number of aromatic nitrogens is 2. The van der Waals surface area contributed by atoms with E-state index in [0.717, 1.165) is 24.5 Å². The molecular weight excluding hydrogens is 300 g/mol. The number of anilines is 2. The van der Waals surface area contributed by atoms with Crippen molar-refractivity contribution in [3.8, 4) is 0 Å². The van der Waals surface area contributed by atoms with Crippen LogP contribution in [0.15, 0.2) is 24.4 Å². The molecule has 1 aromatic carbocycles. The van der Waals surface area contributed by atoms with Crippen molar-refractivity contribution < 1.29 is 4.79 Å². The second-order valence-corrected chi connectivity index (χ2v) is 6.02. The standard InChI is InChI=1S/C16H19ClN4O/c1-11-14(10-20(2)19-11)18-16(22)12-5-6-15(13(17)9-12)21-7-3-4-8-21/h5-6,9-10H,3-4,7-8H2,1-2H3,(H,18,22). The second kappa shape index (κ2) is 6.01. The molecule has 1 aromatic heterocycles. The number of nitrogens with one attached hydrogen (secondary N) is 1. The van der Waals surface area contributed by atoms with Gasteiger partial charge in [0.1, 0.15) is 0 Å². The number of nitrogens with zero attached hydrogens (tertiary/aromatic N) is 3. The zero-order chi connectivity index (χ0) is 15.7. The Bertz CT molecular complexity index is 704. The molecule has 1 saturated heterocycles. The molecular formula is C16H19ClN4O. The van der Waals surface area contributed by atoms with Crippen LogP contribution in [0.3, 0.4) is 0 Å². The molecule has 2 heterocycles. The summed E-state index contributed by atoms with van der Waals surface area (Å²) >= 11 is 6.35. The number of hydrogen-bond donors (Lipinski definition) is 1. The van der Waals surface area contributed by atoms with Gasteiger partial charge < -0.3 is 10.2 Å². The Balaban J connectivity index is 1.78. The van der Waals surface area contributed by atoms with Crippen LogP contribution in [0.1, 0.15) is 28.9 Å². The maximum Gasteiger partial charge on any atom is 0.255 e. The first kappa shape index (κ1) is 14.9. The zero-order valence-electron chi connectivity index (χ0n) is 12.8. The van der Waals surface area contributed by atoms with E-state index in [1.807, 2.05) is 26.1 Å². The van der Waals surface area contributed by atoms with Gasteiger partial charge in [-0.3, -0.25) is 9.48 Å². The Morgan fingerprint density at radius 3 is 2.64 bits per heavy atom. The summed E-state index contributed by atoms with van der Waals surface area (Å²) in [5, 5.41) is 7.70. The Morgan fingerprint density at radius 1 is 1.32 bits per heavy atom. The van der Waals surface area contributed by atoms with Crippen LogP contribution in [0.25, 0.3) is 0 Å². The summed E-state index contributed by atoms with van der Waals surface area (Å²) in [4.78, 5) is 14.6. The highest BCUT2D eigenvalue weighted by Crippen LogP contribution is 2.29. The number of benzene rings is 1. The fraction of sp³-hybridized carbons (Fsp3) is 0.375. The molecule has 1 aliphatic heterocycles. The Morgan fingerprint density at radius 2 is 2.05 bits per heavy atom. The zero-order valence-corrected chi connectivity index (χ0v) is 13.5. The molecule has 6 heteroatoms. The minimum Gasteiger partial charge on any atom is -0.370 e. The topological polar surface area (TPSA) is 50.2 Å². The van der Waals surface area contributed by atoms with E-state index >= 15 is 0 Å². The summed E-state index contributed by atoms with van der Waals surface area (Å²) < 4.78 is 1.67. The van der Waals surface area contributed by atoms with Gasteiger partial charge in [0.15, 0.2) is 0 Å². The third kappa shape index (κ3) is 2.95. The van der Waals surface area contributed by atoms with Crippen molar-refractivity contribution in [1.29, 1.82) is 0 Å². The number of aryl methyl sites for hydroxylation is 2. The molecule has 0 bridgehead atoms. The summed E-state index contributed by atoms with van der Waals surface area (Å²) in [7, 11) is 1.82. The second-order valence-electron chi connectivity index (χ2n) is 5.62. The number of carbonyl (C=O) groups is 1. The largest absolute Gasteiger partial charge is 0.370 e. The number of halogens is 1. The molecule has 3 rings (SSSR count). The predicted molar refractivity (Wildman–Crippen MR) is 88.8 cm³/mol. The van der Waals surface area contributed by atoms with Crippen LogP contribution < -0.4 is 10.2 Å². The molecule has 1 N–H and O–H groups in total. The molecule has 0 radical (unpaired) electrons. The van der Waals surface area contributed by atoms with Crippen molar-refractivity contribution in [1.82, 2.24) is 9.78 Å². The number of hydrogen-bond acceptors (Lipinski definition) is 3. The van der Waals surface area contributed by atoms with Gasteiger partial charge in [0.05, 0.1) is 22.1 Å². The third-order valence-electron chi connectivity index (χ3n) is 3.92. The highest BCUT2D eigenvalue weighted by molar-refractivity contribution is 6.33. The molecule has 0 atom stereocenters. The molecule has 1 fully saturated rings. The molecule has 1 amide bonds. The molecule has 0 spiro atoms. The van der Waals surface area contributed by atoms with E-state index in [9.17, 15) is 4.79 Å². The van der Waals surface area contributed by atoms with Gasteiger partial charge >= 0.3 is 0 Å². The summed E-state index contributed by atoms with van der Waals surface area (Å²) in [5.41, 5.74) is 3.06. The lowest BCUT2D eigenvalue weighted by atomic mass is 10.1. The van der Waals surface area contributed by atoms with Crippen LogP contribution in [0.2, 0.25) is 5.02 Å². The summed E-state index contributed by atoms with van der Waals surface area (Å²) in [6, 6.07) is 5.48. The monoisotopic (exact) mass is 318 g/mol. The average molecular weight is 319 g/mol. The highest BCUT2D eigenvalue weighted by atomic mass is 35.5. The molecule has 1 aliphatic rings. The lowest BCUT2D eigenvalue weighted by Gasteiger charge is -2.19. The first-order valence-electron chi connectivity index (χ1n) is 7.40. The minimum atomic E-state index is -0.175. The predicted octanol–water partition coefficient (Wildman–Crippen LogP) is 3.23. The molecule has 0 aliphatic carbocycles. The van der Waals surface area contributed by atoms with Crippen molar-refractivity contribution in [2.75, 3.05) is 23.3 Å². The van der Waals surface area contributed by atoms with Crippen LogP contribution in [0, 0.1) is 6.92 Å². The van der Waals surface area contributed by atoms with Gasteiger partial charge in [0.2, 0.25) is 0 Å². The Labute approximate surface area is 134 Å². The molecule has 22 heavy (non-hydrogen) atoms. The van der Waals surface area contributed by atoms with E-state index in [0.29, 0.717) is 16.3 Å². The molecule has 0 saturated carbocycles. The maximum absolute atomic E-state index is 12.3. The number of carbonyl (C=O) groups excluding carboxylic acids is 1. The lowest BCUT2D eigenvalue weighted by Crippen LogP contribution is -2.18. The van der Waals surface area contributed by atoms with Gasteiger partial charge in [-0.05, 0) is 38.0 Å². The van der Waals surface area contributed by atoms with Gasteiger partial charge in [-0.1, -0.05) is 11.6 Å². The SMILES string of the molecule is Cc1nn(C)cc1NC(=O)c1ccc(N2CCCC2)c(Cl)c1. The Hall–Kier alpha value is -2.01. The van der Waals surface area contributed by atoms with E-state index in [1.54, 1.807) is 16.9 Å². The fourth-order valence-electron chi connectivity index (χ4n) is 2.78. The normalized spacial score (nSPS) is 14.4. The van der Waals surface area contributed by atoms with Crippen LogP contribution in [0.4, 0.5) is 11.4 Å². The van der Waals surface area contributed by atoms with Crippen LogP contribution in [-0.4, -0.2) is 28.8 Å². The number of rotatable bonds is 3. The average Bonchev–Trinajstić information content (AvgIpc) is 3.09. The van der Waals surface area contributed by atoms with Crippen molar-refractivity contribution in [3.05, 3.63) is 40.7 Å². The molecule has 5 nitrogen and oxygen atoms in total. The summed E-state index contributed by atoms with van der Waals surface area (Å²) in [6.45, 7) is 3.92. The third-order valence-corrected chi connectivity index (χ3v) is 4.22. The maximum atomic E-state index is 12.3. The van der Waals surface area contributed by atoms with Crippen molar-refractivity contribution in [2.45, 2.75) is 19.8 Å². The molecule has 0 unspecified atom stereocenters. The fourth-order valence-corrected chi connectivity index (χ4v) is 3.08. The van der Waals surface area contributed by atoms with Crippen molar-refractivity contribution in [3.63, 3.8) is 0 Å². The molecule has 2 aromatic rings. The Kier molecular flexibility index (Phi) is 4.07. The van der Waals surface area contributed by atoms with Crippen LogP contribution in [0.5, 0.6) is 0 Å². The van der Waals surface area contributed by atoms with Gasteiger partial charge in [0.25, 0.3) is 5.91 Å². The van der Waals surface area contributed by atoms with E-state index in [2.05, 4.69) is 15.3 Å². The van der Waals surface area contributed by atoms with Gasteiger partial charge in [-0.25, -0.2) is 0 Å².